The van der Waals surface area contributed by atoms with E-state index < -0.39 is 18.1 Å². The second-order valence-electron chi connectivity index (χ2n) is 9.97. The van der Waals surface area contributed by atoms with Crippen LogP contribution in [0.1, 0.15) is 35.1 Å². The highest BCUT2D eigenvalue weighted by Gasteiger charge is 2.30. The van der Waals surface area contributed by atoms with E-state index in [1.165, 1.54) is 0 Å². The van der Waals surface area contributed by atoms with E-state index >= 15 is 0 Å². The van der Waals surface area contributed by atoms with Gasteiger partial charge < -0.3 is 19.6 Å². The number of oxime groups is 1. The third-order valence-electron chi connectivity index (χ3n) is 7.11. The van der Waals surface area contributed by atoms with Gasteiger partial charge in [0.25, 0.3) is 0 Å². The van der Waals surface area contributed by atoms with Crippen molar-refractivity contribution < 1.29 is 23.9 Å². The van der Waals surface area contributed by atoms with E-state index in [1.807, 2.05) is 78.9 Å². The van der Waals surface area contributed by atoms with Crippen molar-refractivity contribution in [1.82, 2.24) is 5.32 Å². The molecule has 1 N–H and O–H groups in total. The fourth-order valence-electron chi connectivity index (χ4n) is 5.08. The molecule has 0 aromatic heterocycles. The van der Waals surface area contributed by atoms with Gasteiger partial charge in [-0.25, -0.2) is 9.59 Å². The van der Waals surface area contributed by atoms with Crippen LogP contribution in [0.15, 0.2) is 108 Å². The summed E-state index contributed by atoms with van der Waals surface area (Å²) >= 11 is 0. The van der Waals surface area contributed by atoms with Crippen molar-refractivity contribution >= 4 is 17.8 Å². The van der Waals surface area contributed by atoms with Gasteiger partial charge in [0.15, 0.2) is 0 Å². The van der Waals surface area contributed by atoms with E-state index in [-0.39, 0.29) is 18.9 Å². The summed E-state index contributed by atoms with van der Waals surface area (Å²) in [7, 11) is 1.61. The molecular formula is C34H32N2O5. The topological polar surface area (TPSA) is 86.2 Å². The molecule has 7 nitrogen and oxygen atoms in total. The Hall–Kier alpha value is -4.91. The average molecular weight is 549 g/mol. The second-order valence-corrected chi connectivity index (χ2v) is 9.97. The second kappa shape index (κ2) is 13.0. The minimum Gasteiger partial charge on any atom is -0.497 e. The van der Waals surface area contributed by atoms with Crippen molar-refractivity contribution in [3.05, 3.63) is 125 Å². The van der Waals surface area contributed by atoms with Gasteiger partial charge in [0.2, 0.25) is 0 Å². The van der Waals surface area contributed by atoms with E-state index in [2.05, 4.69) is 34.7 Å². The Balaban J connectivity index is 1.24. The molecular weight excluding hydrogens is 516 g/mol. The Morgan fingerprint density at radius 1 is 0.805 bits per heavy atom. The number of nitrogens with one attached hydrogen (secondary N) is 1. The lowest BCUT2D eigenvalue weighted by Crippen LogP contribution is -2.43. The maximum absolute atomic E-state index is 13.1. The van der Waals surface area contributed by atoms with Gasteiger partial charge in [0.05, 0.1) is 12.8 Å². The first kappa shape index (κ1) is 27.6. The summed E-state index contributed by atoms with van der Waals surface area (Å²) in [5, 5.41) is 6.74. The number of amides is 1. The van der Waals surface area contributed by atoms with Crippen LogP contribution in [-0.2, 0) is 27.2 Å². The molecule has 4 aromatic carbocycles. The minimum atomic E-state index is -0.981. The third-order valence-corrected chi connectivity index (χ3v) is 7.11. The molecule has 0 fully saturated rings. The van der Waals surface area contributed by atoms with Crippen molar-refractivity contribution in [1.29, 1.82) is 0 Å². The molecule has 0 saturated heterocycles. The quantitative estimate of drug-likeness (QED) is 0.143. The van der Waals surface area contributed by atoms with Crippen molar-refractivity contribution in [2.75, 3.05) is 13.7 Å². The van der Waals surface area contributed by atoms with Gasteiger partial charge in [-0.1, -0.05) is 96.2 Å². The smallest absolute Gasteiger partial charge is 0.407 e. The SMILES string of the molecule is COc1ccc(C/C(C)=N/OC(=O)[C@H](Cc2ccccc2)NC(=O)OCC2c3ccccc3-c3ccccc32)cc1. The molecule has 208 valence electrons. The summed E-state index contributed by atoms with van der Waals surface area (Å²) in [4.78, 5) is 31.3. The number of alkyl carbamates (subject to hydrolysis) is 1. The number of benzene rings is 4. The van der Waals surface area contributed by atoms with E-state index in [0.717, 1.165) is 39.1 Å². The summed E-state index contributed by atoms with van der Waals surface area (Å²) in [6.07, 6.45) is 0.0424. The maximum Gasteiger partial charge on any atom is 0.407 e. The van der Waals surface area contributed by atoms with Crippen LogP contribution in [-0.4, -0.2) is 37.5 Å². The Morgan fingerprint density at radius 2 is 1.41 bits per heavy atom. The zero-order valence-electron chi connectivity index (χ0n) is 23.1. The van der Waals surface area contributed by atoms with Crippen LogP contribution in [0.2, 0.25) is 0 Å². The number of methoxy groups -OCH3 is 1. The van der Waals surface area contributed by atoms with E-state index in [9.17, 15) is 9.59 Å². The molecule has 0 heterocycles. The standard InChI is InChI=1S/C34H32N2O5/c1-23(20-25-16-18-26(39-2)19-17-25)36-41-33(37)32(21-24-10-4-3-5-11-24)35-34(38)40-22-31-29-14-8-6-12-27(29)28-13-7-9-15-30(28)31/h3-19,31-32H,20-22H2,1-2H3,(H,35,38)/b36-23+/t32-/m0/s1. The summed E-state index contributed by atoms with van der Waals surface area (Å²) in [6.45, 7) is 1.93. The highest BCUT2D eigenvalue weighted by Crippen LogP contribution is 2.44. The predicted molar refractivity (Wildman–Crippen MR) is 158 cm³/mol. The molecule has 0 spiro atoms. The van der Waals surface area contributed by atoms with Crippen LogP contribution in [0.3, 0.4) is 0 Å². The molecule has 0 bridgehead atoms. The zero-order valence-corrected chi connectivity index (χ0v) is 23.1. The Bertz CT molecular complexity index is 1490. The first-order valence-corrected chi connectivity index (χ1v) is 13.5. The minimum absolute atomic E-state index is 0.0853. The number of carbonyl (C=O) groups is 2. The van der Waals surface area contributed by atoms with Crippen LogP contribution >= 0.6 is 0 Å². The summed E-state index contributed by atoms with van der Waals surface area (Å²) in [6, 6.07) is 32.3. The van der Waals surface area contributed by atoms with Crippen molar-refractivity contribution in [3.63, 3.8) is 0 Å². The number of carbonyl (C=O) groups excluding carboxylic acids is 2. The van der Waals surface area contributed by atoms with Crippen molar-refractivity contribution in [2.45, 2.75) is 31.7 Å². The monoisotopic (exact) mass is 548 g/mol. The van der Waals surface area contributed by atoms with Crippen LogP contribution in [0.25, 0.3) is 11.1 Å². The normalized spacial score (nSPS) is 13.1. The van der Waals surface area contributed by atoms with Gasteiger partial charge in [-0.15, -0.1) is 0 Å². The molecule has 1 aliphatic carbocycles. The lowest BCUT2D eigenvalue weighted by atomic mass is 9.98. The average Bonchev–Trinajstić information content (AvgIpc) is 3.33. The predicted octanol–water partition coefficient (Wildman–Crippen LogP) is 6.31. The number of fused-ring (bicyclic) bond motifs is 3. The fraction of sp³-hybridized carbons (Fsp3) is 0.206. The highest BCUT2D eigenvalue weighted by atomic mass is 16.7. The van der Waals surface area contributed by atoms with Crippen molar-refractivity contribution in [2.24, 2.45) is 5.16 Å². The van der Waals surface area contributed by atoms with Gasteiger partial charge in [-0.3, -0.25) is 0 Å². The Labute approximate surface area is 239 Å². The first-order valence-electron chi connectivity index (χ1n) is 13.5. The number of hydrogen-bond donors (Lipinski definition) is 1. The lowest BCUT2D eigenvalue weighted by molar-refractivity contribution is -0.146. The summed E-state index contributed by atoms with van der Waals surface area (Å²) in [5.74, 6) is 0.00662. The number of ether oxygens (including phenoxy) is 2. The van der Waals surface area contributed by atoms with Crippen LogP contribution < -0.4 is 10.1 Å². The largest absolute Gasteiger partial charge is 0.497 e. The fourth-order valence-corrected chi connectivity index (χ4v) is 5.08. The van der Waals surface area contributed by atoms with Crippen LogP contribution in [0.4, 0.5) is 4.79 Å². The Morgan fingerprint density at radius 3 is 2.05 bits per heavy atom. The van der Waals surface area contributed by atoms with E-state index in [4.69, 9.17) is 14.3 Å². The maximum atomic E-state index is 13.1. The van der Waals surface area contributed by atoms with Crippen molar-refractivity contribution in [3.8, 4) is 16.9 Å². The molecule has 1 atom stereocenters. The molecule has 5 rings (SSSR count). The molecule has 0 aliphatic heterocycles. The lowest BCUT2D eigenvalue weighted by Gasteiger charge is -2.18. The molecule has 1 amide bonds. The highest BCUT2D eigenvalue weighted by molar-refractivity contribution is 5.86. The first-order chi connectivity index (χ1) is 20.0. The number of hydrogen-bond acceptors (Lipinski definition) is 6. The molecule has 1 aliphatic rings. The molecule has 0 unspecified atom stereocenters. The molecule has 41 heavy (non-hydrogen) atoms. The third kappa shape index (κ3) is 6.81. The van der Waals surface area contributed by atoms with Crippen LogP contribution in [0, 0.1) is 0 Å². The van der Waals surface area contributed by atoms with Gasteiger partial charge in [-0.2, -0.15) is 0 Å². The van der Waals surface area contributed by atoms with Gasteiger partial charge in [0, 0.05) is 18.8 Å². The molecule has 4 aromatic rings. The number of nitrogens with zero attached hydrogens (tertiary/aromatic N) is 1. The zero-order chi connectivity index (χ0) is 28.6. The van der Waals surface area contributed by atoms with Crippen LogP contribution in [0.5, 0.6) is 5.75 Å². The molecule has 0 saturated carbocycles. The summed E-state index contributed by atoms with van der Waals surface area (Å²) < 4.78 is 10.9. The van der Waals surface area contributed by atoms with Gasteiger partial charge in [-0.05, 0) is 52.4 Å². The van der Waals surface area contributed by atoms with Gasteiger partial charge in [0.1, 0.15) is 18.4 Å². The Kier molecular flexibility index (Phi) is 8.74. The molecule has 0 radical (unpaired) electrons. The van der Waals surface area contributed by atoms with Gasteiger partial charge >= 0.3 is 12.1 Å². The van der Waals surface area contributed by atoms with E-state index in [0.29, 0.717) is 12.1 Å². The molecule has 7 heteroatoms. The van der Waals surface area contributed by atoms with E-state index in [1.54, 1.807) is 14.0 Å². The summed E-state index contributed by atoms with van der Waals surface area (Å²) in [5.41, 5.74) is 7.00. The number of rotatable bonds is 10.